The molecule has 0 fully saturated rings. The van der Waals surface area contributed by atoms with Crippen LogP contribution in [0.25, 0.3) is 0 Å². The Morgan fingerprint density at radius 2 is 2.00 bits per heavy atom. The van der Waals surface area contributed by atoms with E-state index in [0.717, 1.165) is 15.0 Å². The van der Waals surface area contributed by atoms with Gasteiger partial charge in [0.25, 0.3) is 0 Å². The first kappa shape index (κ1) is 13.0. The standard InChI is InChI=1S/C12H13F2N3S/c13-12(14)17-6-5-16-11(17)8-18-10-3-1-9(7-15)2-4-10/h1-6,12H,7-8,15H2. The van der Waals surface area contributed by atoms with Crippen molar-refractivity contribution in [3.8, 4) is 0 Å². The Kier molecular flexibility index (Phi) is 4.33. The average molecular weight is 269 g/mol. The molecule has 0 aliphatic heterocycles. The van der Waals surface area contributed by atoms with Crippen LogP contribution >= 0.6 is 11.8 Å². The molecule has 0 amide bonds. The van der Waals surface area contributed by atoms with Crippen LogP contribution in [0.5, 0.6) is 0 Å². The first-order chi connectivity index (χ1) is 8.70. The fourth-order valence-corrected chi connectivity index (χ4v) is 2.35. The van der Waals surface area contributed by atoms with Gasteiger partial charge in [-0.2, -0.15) is 8.78 Å². The van der Waals surface area contributed by atoms with Crippen LogP contribution in [-0.4, -0.2) is 9.55 Å². The minimum Gasteiger partial charge on any atom is -0.326 e. The molecule has 2 rings (SSSR count). The maximum absolute atomic E-state index is 12.6. The lowest BCUT2D eigenvalue weighted by atomic mass is 10.2. The van der Waals surface area contributed by atoms with Gasteiger partial charge >= 0.3 is 6.55 Å². The van der Waals surface area contributed by atoms with Crippen LogP contribution in [0.15, 0.2) is 41.6 Å². The summed E-state index contributed by atoms with van der Waals surface area (Å²) in [5.74, 6) is 0.789. The van der Waals surface area contributed by atoms with Crippen molar-refractivity contribution < 1.29 is 8.78 Å². The van der Waals surface area contributed by atoms with Gasteiger partial charge in [0, 0.05) is 23.8 Å². The van der Waals surface area contributed by atoms with Gasteiger partial charge in [0.1, 0.15) is 5.82 Å². The molecular formula is C12H13F2N3S. The topological polar surface area (TPSA) is 43.8 Å². The van der Waals surface area contributed by atoms with Gasteiger partial charge in [0.2, 0.25) is 0 Å². The summed E-state index contributed by atoms with van der Waals surface area (Å²) in [6.07, 6.45) is 2.68. The number of thioether (sulfide) groups is 1. The van der Waals surface area contributed by atoms with Gasteiger partial charge in [0.15, 0.2) is 0 Å². The number of imidazole rings is 1. The van der Waals surface area contributed by atoms with Gasteiger partial charge in [-0.05, 0) is 17.7 Å². The molecule has 0 bridgehead atoms. The predicted molar refractivity (Wildman–Crippen MR) is 67.4 cm³/mol. The lowest BCUT2D eigenvalue weighted by Crippen LogP contribution is -2.02. The highest BCUT2D eigenvalue weighted by atomic mass is 32.2. The second-order valence-corrected chi connectivity index (χ2v) is 4.71. The highest BCUT2D eigenvalue weighted by Crippen LogP contribution is 2.24. The van der Waals surface area contributed by atoms with Crippen molar-refractivity contribution in [2.24, 2.45) is 5.73 Å². The van der Waals surface area contributed by atoms with Crippen molar-refractivity contribution in [2.75, 3.05) is 0 Å². The largest absolute Gasteiger partial charge is 0.326 e. The number of hydrogen-bond donors (Lipinski definition) is 1. The molecule has 1 aromatic heterocycles. The fourth-order valence-electron chi connectivity index (χ4n) is 1.50. The first-order valence-electron chi connectivity index (χ1n) is 5.42. The van der Waals surface area contributed by atoms with E-state index in [0.29, 0.717) is 18.1 Å². The quantitative estimate of drug-likeness (QED) is 0.848. The van der Waals surface area contributed by atoms with Crippen LogP contribution < -0.4 is 5.73 Å². The second kappa shape index (κ2) is 5.97. The molecule has 6 heteroatoms. The van der Waals surface area contributed by atoms with Crippen molar-refractivity contribution in [1.29, 1.82) is 0 Å². The number of hydrogen-bond acceptors (Lipinski definition) is 3. The van der Waals surface area contributed by atoms with Gasteiger partial charge in [-0.3, -0.25) is 4.57 Å². The Morgan fingerprint density at radius 3 is 2.61 bits per heavy atom. The van der Waals surface area contributed by atoms with Crippen molar-refractivity contribution >= 4 is 11.8 Å². The summed E-state index contributed by atoms with van der Waals surface area (Å²) in [7, 11) is 0. The maximum Gasteiger partial charge on any atom is 0.319 e. The van der Waals surface area contributed by atoms with Gasteiger partial charge in [-0.15, -0.1) is 11.8 Å². The smallest absolute Gasteiger partial charge is 0.319 e. The van der Waals surface area contributed by atoms with E-state index in [9.17, 15) is 8.78 Å². The molecule has 0 saturated carbocycles. The van der Waals surface area contributed by atoms with Gasteiger partial charge < -0.3 is 5.73 Å². The summed E-state index contributed by atoms with van der Waals surface area (Å²) in [6.45, 7) is -2.04. The number of nitrogens with two attached hydrogens (primary N) is 1. The molecule has 1 aromatic carbocycles. The molecule has 1 heterocycles. The number of aromatic nitrogens is 2. The van der Waals surface area contributed by atoms with E-state index in [4.69, 9.17) is 5.73 Å². The average Bonchev–Trinajstić information content (AvgIpc) is 2.85. The summed E-state index contributed by atoms with van der Waals surface area (Å²) in [6, 6.07) is 7.73. The Labute approximate surface area is 108 Å². The molecule has 0 unspecified atom stereocenters. The van der Waals surface area contributed by atoms with E-state index in [1.807, 2.05) is 24.3 Å². The van der Waals surface area contributed by atoms with Crippen LogP contribution in [-0.2, 0) is 12.3 Å². The normalized spacial score (nSPS) is 11.1. The van der Waals surface area contributed by atoms with E-state index >= 15 is 0 Å². The third kappa shape index (κ3) is 3.08. The number of benzene rings is 1. The first-order valence-corrected chi connectivity index (χ1v) is 6.41. The van der Waals surface area contributed by atoms with Crippen molar-refractivity contribution in [2.45, 2.75) is 23.7 Å². The zero-order chi connectivity index (χ0) is 13.0. The highest BCUT2D eigenvalue weighted by molar-refractivity contribution is 7.98. The number of halogens is 2. The van der Waals surface area contributed by atoms with E-state index in [-0.39, 0.29) is 0 Å². The summed E-state index contributed by atoms with van der Waals surface area (Å²) in [4.78, 5) is 4.94. The van der Waals surface area contributed by atoms with Gasteiger partial charge in [-0.25, -0.2) is 4.98 Å². The molecule has 18 heavy (non-hydrogen) atoms. The third-order valence-corrected chi connectivity index (χ3v) is 3.49. The molecule has 2 aromatic rings. The van der Waals surface area contributed by atoms with Crippen LogP contribution in [0.3, 0.4) is 0 Å². The Morgan fingerprint density at radius 1 is 1.28 bits per heavy atom. The summed E-state index contributed by atoms with van der Waals surface area (Å²) in [5.41, 5.74) is 6.55. The van der Waals surface area contributed by atoms with Crippen LogP contribution in [0.4, 0.5) is 8.78 Å². The zero-order valence-electron chi connectivity index (χ0n) is 9.59. The van der Waals surface area contributed by atoms with Crippen molar-refractivity contribution in [3.05, 3.63) is 48.0 Å². The Hall–Kier alpha value is -1.40. The van der Waals surface area contributed by atoms with E-state index in [1.165, 1.54) is 24.2 Å². The highest BCUT2D eigenvalue weighted by Gasteiger charge is 2.11. The SMILES string of the molecule is NCc1ccc(SCc2nccn2C(F)F)cc1. The molecule has 96 valence electrons. The van der Waals surface area contributed by atoms with Crippen molar-refractivity contribution in [3.63, 3.8) is 0 Å². The summed E-state index contributed by atoms with van der Waals surface area (Å²) >= 11 is 1.47. The minimum atomic E-state index is -2.54. The number of alkyl halides is 2. The molecule has 0 aliphatic carbocycles. The Balaban J connectivity index is 2.00. The molecule has 0 aliphatic rings. The summed E-state index contributed by atoms with van der Waals surface area (Å²) < 4.78 is 26.0. The van der Waals surface area contributed by atoms with Gasteiger partial charge in [-0.1, -0.05) is 12.1 Å². The predicted octanol–water partition coefficient (Wildman–Crippen LogP) is 3.03. The van der Waals surface area contributed by atoms with Crippen molar-refractivity contribution in [1.82, 2.24) is 9.55 Å². The Bertz CT molecular complexity index is 496. The molecule has 0 spiro atoms. The third-order valence-electron chi connectivity index (χ3n) is 2.49. The van der Waals surface area contributed by atoms with E-state index < -0.39 is 6.55 Å². The minimum absolute atomic E-state index is 0.373. The maximum atomic E-state index is 12.6. The zero-order valence-corrected chi connectivity index (χ0v) is 10.4. The van der Waals surface area contributed by atoms with Crippen LogP contribution in [0.2, 0.25) is 0 Å². The van der Waals surface area contributed by atoms with Crippen LogP contribution in [0.1, 0.15) is 17.9 Å². The lowest BCUT2D eigenvalue weighted by Gasteiger charge is -2.06. The molecule has 2 N–H and O–H groups in total. The molecular weight excluding hydrogens is 256 g/mol. The van der Waals surface area contributed by atoms with E-state index in [2.05, 4.69) is 4.98 Å². The van der Waals surface area contributed by atoms with E-state index in [1.54, 1.807) is 0 Å². The fraction of sp³-hybridized carbons (Fsp3) is 0.250. The number of nitrogens with zero attached hydrogens (tertiary/aromatic N) is 2. The molecule has 0 atom stereocenters. The van der Waals surface area contributed by atoms with Gasteiger partial charge in [0.05, 0.1) is 5.75 Å². The molecule has 0 saturated heterocycles. The lowest BCUT2D eigenvalue weighted by molar-refractivity contribution is 0.0678. The number of rotatable bonds is 5. The van der Waals surface area contributed by atoms with Crippen LogP contribution in [0, 0.1) is 0 Å². The monoisotopic (exact) mass is 269 g/mol. The summed E-state index contributed by atoms with van der Waals surface area (Å²) in [5, 5.41) is 0. The second-order valence-electron chi connectivity index (χ2n) is 3.67. The molecule has 0 radical (unpaired) electrons. The molecule has 3 nitrogen and oxygen atoms in total.